The van der Waals surface area contributed by atoms with Crippen molar-refractivity contribution in [1.82, 2.24) is 0 Å². The molecule has 20 heavy (non-hydrogen) atoms. The van der Waals surface area contributed by atoms with E-state index < -0.39 is 0 Å². The molecule has 1 aliphatic rings. The fourth-order valence-electron chi connectivity index (χ4n) is 2.35. The molecule has 1 unspecified atom stereocenters. The molecule has 3 nitrogen and oxygen atoms in total. The van der Waals surface area contributed by atoms with Gasteiger partial charge < -0.3 is 10.1 Å². The summed E-state index contributed by atoms with van der Waals surface area (Å²) in [5, 5.41) is 3.56. The minimum atomic E-state index is 0.176. The van der Waals surface area contributed by atoms with Gasteiger partial charge in [0.15, 0.2) is 5.90 Å². The van der Waals surface area contributed by atoms with E-state index in [9.17, 15) is 0 Å². The average molecular weight is 266 g/mol. The molecule has 102 valence electrons. The number of hydrogen-bond acceptors (Lipinski definition) is 3. The predicted octanol–water partition coefficient (Wildman–Crippen LogP) is 3.66. The van der Waals surface area contributed by atoms with Crippen molar-refractivity contribution in [3.63, 3.8) is 0 Å². The van der Waals surface area contributed by atoms with Gasteiger partial charge >= 0.3 is 0 Å². The Bertz CT molecular complexity index is 566. The molecule has 0 saturated heterocycles. The monoisotopic (exact) mass is 266 g/mol. The van der Waals surface area contributed by atoms with E-state index in [-0.39, 0.29) is 6.04 Å². The molecule has 0 bridgehead atoms. The summed E-state index contributed by atoms with van der Waals surface area (Å²) in [6.45, 7) is 1.49. The maximum atomic E-state index is 5.55. The van der Waals surface area contributed by atoms with Crippen molar-refractivity contribution >= 4 is 11.6 Å². The molecule has 1 atom stereocenters. The highest BCUT2D eigenvalue weighted by molar-refractivity contribution is 5.78. The minimum absolute atomic E-state index is 0.176. The highest BCUT2D eigenvalue weighted by Crippen LogP contribution is 2.24. The van der Waals surface area contributed by atoms with E-state index in [1.54, 1.807) is 0 Å². The maximum Gasteiger partial charge on any atom is 0.185 e. The van der Waals surface area contributed by atoms with E-state index in [0.717, 1.165) is 24.6 Å². The molecule has 1 N–H and O–H groups in total. The van der Waals surface area contributed by atoms with E-state index in [1.165, 1.54) is 5.56 Å². The van der Waals surface area contributed by atoms with Gasteiger partial charge in [0.1, 0.15) is 6.61 Å². The summed E-state index contributed by atoms with van der Waals surface area (Å²) in [4.78, 5) is 4.40. The van der Waals surface area contributed by atoms with Crippen LogP contribution in [-0.2, 0) is 4.74 Å². The quantitative estimate of drug-likeness (QED) is 0.896. The van der Waals surface area contributed by atoms with Gasteiger partial charge in [0, 0.05) is 12.1 Å². The molecule has 0 aromatic heterocycles. The number of benzene rings is 2. The second-order valence-corrected chi connectivity index (χ2v) is 4.80. The van der Waals surface area contributed by atoms with Gasteiger partial charge in [0.2, 0.25) is 0 Å². The second kappa shape index (κ2) is 6.24. The van der Waals surface area contributed by atoms with E-state index >= 15 is 0 Å². The average Bonchev–Trinajstić information content (AvgIpc) is 3.02. The van der Waals surface area contributed by atoms with Gasteiger partial charge in [-0.1, -0.05) is 48.5 Å². The van der Waals surface area contributed by atoms with E-state index in [1.807, 2.05) is 24.3 Å². The van der Waals surface area contributed by atoms with Crippen LogP contribution < -0.4 is 5.32 Å². The smallest absolute Gasteiger partial charge is 0.185 e. The van der Waals surface area contributed by atoms with Gasteiger partial charge in [-0.15, -0.1) is 0 Å². The Hall–Kier alpha value is -2.29. The molecular formula is C17H18N2O. The third-order valence-electron chi connectivity index (χ3n) is 3.34. The first kappa shape index (κ1) is 12.7. The van der Waals surface area contributed by atoms with Gasteiger partial charge in [-0.3, -0.25) is 4.99 Å². The number of anilines is 1. The van der Waals surface area contributed by atoms with Crippen molar-refractivity contribution in [3.8, 4) is 0 Å². The number of ether oxygens (including phenoxy) is 1. The molecule has 2 aromatic rings. The molecule has 1 aliphatic heterocycles. The first-order chi connectivity index (χ1) is 9.92. The van der Waals surface area contributed by atoms with Crippen LogP contribution >= 0.6 is 0 Å². The fraction of sp³-hybridized carbons (Fsp3) is 0.235. The molecule has 0 saturated carbocycles. The van der Waals surface area contributed by atoms with Crippen molar-refractivity contribution in [2.75, 3.05) is 18.5 Å². The summed E-state index contributed by atoms with van der Waals surface area (Å²) in [5.74, 6) is 0.849. The lowest BCUT2D eigenvalue weighted by Gasteiger charge is -2.20. The first-order valence-corrected chi connectivity index (χ1v) is 6.94. The van der Waals surface area contributed by atoms with Gasteiger partial charge in [0.05, 0.1) is 12.6 Å². The van der Waals surface area contributed by atoms with Crippen LogP contribution in [0.25, 0.3) is 0 Å². The molecule has 3 heteroatoms. The fourth-order valence-corrected chi connectivity index (χ4v) is 2.35. The lowest BCUT2D eigenvalue weighted by Crippen LogP contribution is -2.15. The molecule has 0 amide bonds. The lowest BCUT2D eigenvalue weighted by atomic mass is 10.0. The Morgan fingerprint density at radius 1 is 1.00 bits per heavy atom. The number of hydrogen-bond donors (Lipinski definition) is 1. The molecule has 1 heterocycles. The summed E-state index contributed by atoms with van der Waals surface area (Å²) in [7, 11) is 0. The molecule has 0 spiro atoms. The Morgan fingerprint density at radius 2 is 1.70 bits per heavy atom. The molecule has 0 radical (unpaired) electrons. The zero-order valence-electron chi connectivity index (χ0n) is 11.3. The summed E-state index contributed by atoms with van der Waals surface area (Å²) >= 11 is 0. The van der Waals surface area contributed by atoms with Gasteiger partial charge in [-0.25, -0.2) is 0 Å². The van der Waals surface area contributed by atoms with Crippen LogP contribution in [-0.4, -0.2) is 19.0 Å². The van der Waals surface area contributed by atoms with Crippen LogP contribution in [0.15, 0.2) is 65.7 Å². The third-order valence-corrected chi connectivity index (χ3v) is 3.34. The number of rotatable bonds is 5. The minimum Gasteiger partial charge on any atom is -0.479 e. The zero-order chi connectivity index (χ0) is 13.6. The van der Waals surface area contributed by atoms with Crippen molar-refractivity contribution in [1.29, 1.82) is 0 Å². The standard InChI is InChI=1S/C17H18N2O/c1-3-7-14(8-4-1)16(13-17-18-11-12-20-17)19-15-9-5-2-6-10-15/h1-10,16,19H,11-13H2. The second-order valence-electron chi connectivity index (χ2n) is 4.80. The Morgan fingerprint density at radius 3 is 2.35 bits per heavy atom. The van der Waals surface area contributed by atoms with Crippen molar-refractivity contribution in [2.45, 2.75) is 12.5 Å². The number of aliphatic imine (C=N–C) groups is 1. The molecule has 0 fully saturated rings. The zero-order valence-corrected chi connectivity index (χ0v) is 11.3. The SMILES string of the molecule is c1ccc(NC(CC2=NCCO2)c2ccccc2)cc1. The van der Waals surface area contributed by atoms with Crippen LogP contribution in [0.1, 0.15) is 18.0 Å². The first-order valence-electron chi connectivity index (χ1n) is 6.94. The number of para-hydroxylation sites is 1. The summed E-state index contributed by atoms with van der Waals surface area (Å²) < 4.78 is 5.55. The van der Waals surface area contributed by atoms with Crippen LogP contribution in [0, 0.1) is 0 Å². The lowest BCUT2D eigenvalue weighted by molar-refractivity contribution is 0.336. The highest BCUT2D eigenvalue weighted by Gasteiger charge is 2.17. The van der Waals surface area contributed by atoms with Crippen molar-refractivity contribution in [2.24, 2.45) is 4.99 Å². The number of nitrogens with one attached hydrogen (secondary N) is 1. The topological polar surface area (TPSA) is 33.6 Å². The Balaban J connectivity index is 1.79. The summed E-state index contributed by atoms with van der Waals surface area (Å²) in [5.41, 5.74) is 2.36. The molecular weight excluding hydrogens is 248 g/mol. The molecule has 0 aliphatic carbocycles. The predicted molar refractivity (Wildman–Crippen MR) is 82.1 cm³/mol. The Kier molecular flexibility index (Phi) is 3.97. The molecule has 3 rings (SSSR count). The Labute approximate surface area is 119 Å². The van der Waals surface area contributed by atoms with Crippen molar-refractivity contribution in [3.05, 3.63) is 66.2 Å². The van der Waals surface area contributed by atoms with Crippen LogP contribution in [0.2, 0.25) is 0 Å². The molecule has 2 aromatic carbocycles. The van der Waals surface area contributed by atoms with E-state index in [0.29, 0.717) is 6.61 Å². The van der Waals surface area contributed by atoms with Crippen LogP contribution in [0.3, 0.4) is 0 Å². The third kappa shape index (κ3) is 3.18. The van der Waals surface area contributed by atoms with Gasteiger partial charge in [-0.05, 0) is 17.7 Å². The van der Waals surface area contributed by atoms with E-state index in [2.05, 4.69) is 46.7 Å². The summed E-state index contributed by atoms with van der Waals surface area (Å²) in [6.07, 6.45) is 0.777. The van der Waals surface area contributed by atoms with Crippen LogP contribution in [0.4, 0.5) is 5.69 Å². The van der Waals surface area contributed by atoms with Crippen LogP contribution in [0.5, 0.6) is 0 Å². The van der Waals surface area contributed by atoms with Gasteiger partial charge in [-0.2, -0.15) is 0 Å². The maximum absolute atomic E-state index is 5.55. The highest BCUT2D eigenvalue weighted by atomic mass is 16.5. The normalized spacial score (nSPS) is 15.3. The van der Waals surface area contributed by atoms with E-state index in [4.69, 9.17) is 4.74 Å². The largest absolute Gasteiger partial charge is 0.479 e. The van der Waals surface area contributed by atoms with Crippen molar-refractivity contribution < 1.29 is 4.74 Å². The summed E-state index contributed by atoms with van der Waals surface area (Å²) in [6, 6.07) is 20.8. The van der Waals surface area contributed by atoms with Gasteiger partial charge in [0.25, 0.3) is 0 Å². The number of nitrogens with zero attached hydrogens (tertiary/aromatic N) is 1.